The average molecular weight is 553 g/mol. The molecule has 3 aromatic rings. The molecule has 5 nitrogen and oxygen atoms in total. The molecule has 2 amide bonds. The van der Waals surface area contributed by atoms with Gasteiger partial charge in [-0.25, -0.2) is 0 Å². The number of hydrogen-bond acceptors (Lipinski definition) is 3. The first kappa shape index (κ1) is 28.9. The van der Waals surface area contributed by atoms with Crippen molar-refractivity contribution in [3.05, 3.63) is 95.1 Å². The number of methoxy groups -OCH3 is 1. The highest BCUT2D eigenvalue weighted by molar-refractivity contribution is 5.98. The van der Waals surface area contributed by atoms with Gasteiger partial charge in [-0.15, -0.1) is 0 Å². The number of ether oxygens (including phenoxy) is 1. The summed E-state index contributed by atoms with van der Waals surface area (Å²) in [4.78, 5) is 27.9. The lowest BCUT2D eigenvalue weighted by atomic mass is 9.49. The van der Waals surface area contributed by atoms with Gasteiger partial charge in [-0.2, -0.15) is 0 Å². The summed E-state index contributed by atoms with van der Waals surface area (Å²) in [6, 6.07) is 23.5. The van der Waals surface area contributed by atoms with Crippen LogP contribution in [0.2, 0.25) is 0 Å². The lowest BCUT2D eigenvalue weighted by Crippen LogP contribution is -2.58. The van der Waals surface area contributed by atoms with Crippen LogP contribution in [-0.2, 0) is 27.8 Å². The molecule has 0 saturated heterocycles. The van der Waals surface area contributed by atoms with Gasteiger partial charge in [0, 0.05) is 12.1 Å². The summed E-state index contributed by atoms with van der Waals surface area (Å²) in [5.74, 6) is 1.20. The minimum Gasteiger partial charge on any atom is -0.497 e. The fourth-order valence-corrected chi connectivity index (χ4v) is 7.43. The summed E-state index contributed by atoms with van der Waals surface area (Å²) >= 11 is 0. The van der Waals surface area contributed by atoms with Gasteiger partial charge in [0.2, 0.25) is 11.8 Å². The number of nitrogens with one attached hydrogen (secondary N) is 2. The molecule has 3 aromatic carbocycles. The van der Waals surface area contributed by atoms with E-state index in [0.717, 1.165) is 43.4 Å². The molecule has 0 unspecified atom stereocenters. The zero-order chi connectivity index (χ0) is 29.2. The Labute approximate surface area is 245 Å². The van der Waals surface area contributed by atoms with Crippen LogP contribution >= 0.6 is 0 Å². The number of carbonyl (C=O) groups excluding carboxylic acids is 2. The SMILES string of the molecule is COc1ccc(NC(=O)[C@H](Cc2ccccc2)NC(=O)[C@]2(C)CCC[C@]3(C)c4ccc(C(C)C)cc4CC[C@@H]23)cc1. The zero-order valence-electron chi connectivity index (χ0n) is 25.1. The van der Waals surface area contributed by atoms with Gasteiger partial charge in [-0.1, -0.05) is 82.6 Å². The maximum absolute atomic E-state index is 14.3. The highest BCUT2D eigenvalue weighted by Gasteiger charge is 2.55. The number of aryl methyl sites for hydroxylation is 1. The number of benzene rings is 3. The summed E-state index contributed by atoms with van der Waals surface area (Å²) in [5, 5.41) is 6.26. The van der Waals surface area contributed by atoms with E-state index < -0.39 is 11.5 Å². The monoisotopic (exact) mass is 552 g/mol. The van der Waals surface area contributed by atoms with Crippen molar-refractivity contribution in [3.8, 4) is 5.75 Å². The molecule has 216 valence electrons. The van der Waals surface area contributed by atoms with Crippen LogP contribution in [0.25, 0.3) is 0 Å². The van der Waals surface area contributed by atoms with Gasteiger partial charge in [0.15, 0.2) is 0 Å². The van der Waals surface area contributed by atoms with Crippen molar-refractivity contribution in [2.45, 2.75) is 83.6 Å². The summed E-state index contributed by atoms with van der Waals surface area (Å²) in [6.07, 6.45) is 5.30. The number of carbonyl (C=O) groups is 2. The van der Waals surface area contributed by atoms with Crippen LogP contribution in [0.4, 0.5) is 5.69 Å². The van der Waals surface area contributed by atoms with Crippen molar-refractivity contribution in [2.24, 2.45) is 11.3 Å². The fraction of sp³-hybridized carbons (Fsp3) is 0.444. The van der Waals surface area contributed by atoms with Crippen LogP contribution in [0.5, 0.6) is 5.75 Å². The minimum atomic E-state index is -0.693. The molecule has 1 fully saturated rings. The van der Waals surface area contributed by atoms with Gasteiger partial charge in [0.05, 0.1) is 12.5 Å². The first-order valence-corrected chi connectivity index (χ1v) is 15.1. The highest BCUT2D eigenvalue weighted by atomic mass is 16.5. The van der Waals surface area contributed by atoms with Crippen LogP contribution in [0.1, 0.15) is 81.5 Å². The molecule has 0 aromatic heterocycles. The molecule has 0 spiro atoms. The number of amides is 2. The Balaban J connectivity index is 1.40. The van der Waals surface area contributed by atoms with Gasteiger partial charge in [-0.05, 0) is 89.5 Å². The third-order valence-corrected chi connectivity index (χ3v) is 9.82. The van der Waals surface area contributed by atoms with Crippen molar-refractivity contribution < 1.29 is 14.3 Å². The van der Waals surface area contributed by atoms with E-state index >= 15 is 0 Å². The summed E-state index contributed by atoms with van der Waals surface area (Å²) < 4.78 is 5.25. The van der Waals surface area contributed by atoms with Crippen molar-refractivity contribution in [3.63, 3.8) is 0 Å². The second-order valence-corrected chi connectivity index (χ2v) is 12.8. The third kappa shape index (κ3) is 5.77. The molecule has 5 heteroatoms. The first-order valence-electron chi connectivity index (χ1n) is 15.1. The van der Waals surface area contributed by atoms with Gasteiger partial charge in [0.25, 0.3) is 0 Å². The number of rotatable bonds is 8. The van der Waals surface area contributed by atoms with Crippen LogP contribution in [0, 0.1) is 11.3 Å². The second-order valence-electron chi connectivity index (χ2n) is 12.8. The molecule has 2 aliphatic carbocycles. The van der Waals surface area contributed by atoms with E-state index in [1.165, 1.54) is 16.7 Å². The minimum absolute atomic E-state index is 0.0125. The van der Waals surface area contributed by atoms with Crippen LogP contribution in [0.15, 0.2) is 72.8 Å². The molecule has 1 saturated carbocycles. The Morgan fingerprint density at radius 3 is 2.39 bits per heavy atom. The highest BCUT2D eigenvalue weighted by Crippen LogP contribution is 2.57. The Morgan fingerprint density at radius 1 is 0.976 bits per heavy atom. The Kier molecular flexibility index (Phi) is 8.26. The smallest absolute Gasteiger partial charge is 0.247 e. The average Bonchev–Trinajstić information content (AvgIpc) is 2.97. The van der Waals surface area contributed by atoms with Gasteiger partial charge >= 0.3 is 0 Å². The van der Waals surface area contributed by atoms with Crippen molar-refractivity contribution in [2.75, 3.05) is 12.4 Å². The number of hydrogen-bond donors (Lipinski definition) is 2. The van der Waals surface area contributed by atoms with E-state index in [-0.39, 0.29) is 23.1 Å². The number of fused-ring (bicyclic) bond motifs is 3. The largest absolute Gasteiger partial charge is 0.497 e. The van der Waals surface area contributed by atoms with Crippen molar-refractivity contribution in [1.82, 2.24) is 5.32 Å². The van der Waals surface area contributed by atoms with Crippen molar-refractivity contribution in [1.29, 1.82) is 0 Å². The van der Waals surface area contributed by atoms with Crippen LogP contribution < -0.4 is 15.4 Å². The fourth-order valence-electron chi connectivity index (χ4n) is 7.43. The standard InChI is InChI=1S/C36H44N2O3/c1-24(2)26-12-18-30-27(23-26)13-19-32-35(30,3)20-9-21-36(32,4)34(40)38-31(22-25-10-7-6-8-11-25)33(39)37-28-14-16-29(41-5)17-15-28/h6-8,10-12,14-18,23-24,31-32H,9,13,19-22H2,1-5H3,(H,37,39)(H,38,40)/t31-,32+,35+,36+/m0/s1. The normalized spacial score (nSPS) is 24.1. The number of anilines is 1. The lowest BCUT2D eigenvalue weighted by molar-refractivity contribution is -0.141. The van der Waals surface area contributed by atoms with E-state index in [4.69, 9.17) is 4.74 Å². The summed E-state index contributed by atoms with van der Waals surface area (Å²) in [7, 11) is 1.61. The maximum atomic E-state index is 14.3. The molecule has 2 N–H and O–H groups in total. The van der Waals surface area contributed by atoms with E-state index in [2.05, 4.69) is 56.5 Å². The molecule has 0 radical (unpaired) electrons. The first-order chi connectivity index (χ1) is 19.6. The molecular formula is C36H44N2O3. The molecule has 0 bridgehead atoms. The van der Waals surface area contributed by atoms with Gasteiger partial charge < -0.3 is 15.4 Å². The van der Waals surface area contributed by atoms with E-state index in [9.17, 15) is 9.59 Å². The predicted octanol–water partition coefficient (Wildman–Crippen LogP) is 7.20. The lowest BCUT2D eigenvalue weighted by Gasteiger charge is -2.54. The zero-order valence-corrected chi connectivity index (χ0v) is 25.1. The predicted molar refractivity (Wildman–Crippen MR) is 165 cm³/mol. The third-order valence-electron chi connectivity index (χ3n) is 9.82. The van der Waals surface area contributed by atoms with E-state index in [0.29, 0.717) is 18.0 Å². The van der Waals surface area contributed by atoms with E-state index in [1.807, 2.05) is 54.6 Å². The van der Waals surface area contributed by atoms with Crippen LogP contribution in [0.3, 0.4) is 0 Å². The molecule has 0 aliphatic heterocycles. The van der Waals surface area contributed by atoms with E-state index in [1.54, 1.807) is 7.11 Å². The Hall–Kier alpha value is -3.60. The maximum Gasteiger partial charge on any atom is 0.247 e. The second kappa shape index (κ2) is 11.7. The molecule has 41 heavy (non-hydrogen) atoms. The summed E-state index contributed by atoms with van der Waals surface area (Å²) in [6.45, 7) is 8.99. The topological polar surface area (TPSA) is 67.4 Å². The molecular weight excluding hydrogens is 508 g/mol. The molecule has 5 rings (SSSR count). The van der Waals surface area contributed by atoms with Gasteiger partial charge in [-0.3, -0.25) is 9.59 Å². The Bertz CT molecular complexity index is 1380. The van der Waals surface area contributed by atoms with Crippen molar-refractivity contribution >= 4 is 17.5 Å². The quantitative estimate of drug-likeness (QED) is 0.311. The summed E-state index contributed by atoms with van der Waals surface area (Å²) in [5.41, 5.74) is 5.30. The molecule has 2 aliphatic rings. The Morgan fingerprint density at radius 2 is 1.71 bits per heavy atom. The molecule has 4 atom stereocenters. The van der Waals surface area contributed by atoms with Crippen LogP contribution in [-0.4, -0.2) is 25.0 Å². The molecule has 0 heterocycles. The van der Waals surface area contributed by atoms with Gasteiger partial charge in [0.1, 0.15) is 11.8 Å².